The summed E-state index contributed by atoms with van der Waals surface area (Å²) in [7, 11) is 1.59. The van der Waals surface area contributed by atoms with Gasteiger partial charge in [-0.2, -0.15) is 0 Å². The zero-order chi connectivity index (χ0) is 22.9. The maximum atomic E-state index is 13.3. The number of halogens is 1. The molecule has 0 aliphatic carbocycles. The fourth-order valence-electron chi connectivity index (χ4n) is 3.40. The predicted octanol–water partition coefficient (Wildman–Crippen LogP) is 3.94. The van der Waals surface area contributed by atoms with E-state index >= 15 is 0 Å². The minimum Gasteiger partial charge on any atom is -0.242 e. The third-order valence-corrected chi connectivity index (χ3v) is 6.94. The molecule has 0 aliphatic rings. The Labute approximate surface area is 201 Å². The van der Waals surface area contributed by atoms with Gasteiger partial charge < -0.3 is 0 Å². The summed E-state index contributed by atoms with van der Waals surface area (Å²) in [4.78, 5) is 8.91. The molecule has 1 aromatic carbocycles. The number of rotatable bonds is 6. The summed E-state index contributed by atoms with van der Waals surface area (Å²) in [6.45, 7) is 5.99. The van der Waals surface area contributed by atoms with E-state index in [4.69, 9.17) is 4.74 Å². The molecule has 0 spiro atoms. The Morgan fingerprint density at radius 2 is 1.84 bits per heavy atom. The van der Waals surface area contributed by atoms with Crippen LogP contribution >= 0.6 is 0 Å². The number of benzene rings is 1. The van der Waals surface area contributed by atoms with Crippen molar-refractivity contribution >= 4 is 31.6 Å². The summed E-state index contributed by atoms with van der Waals surface area (Å²) in [5, 5.41) is 12.3. The molecule has 4 aromatic rings. The number of nitrogens with one attached hydrogen (secondary N) is 1. The summed E-state index contributed by atoms with van der Waals surface area (Å²) >= 11 is 0.546. The van der Waals surface area contributed by atoms with Crippen molar-refractivity contribution in [3.63, 3.8) is 0 Å². The van der Waals surface area contributed by atoms with Gasteiger partial charge in [-0.15, -0.1) is 0 Å². The van der Waals surface area contributed by atoms with E-state index in [-0.39, 0.29) is 8.92 Å². The Bertz CT molecular complexity index is 1260. The zero-order valence-electron chi connectivity index (χ0n) is 18.3. The number of nitrogens with zero attached hydrogens (tertiary/aromatic N) is 5. The van der Waals surface area contributed by atoms with Crippen LogP contribution in [0.1, 0.15) is 23.7 Å². The number of aromatic nitrogens is 5. The van der Waals surface area contributed by atoms with E-state index in [1.165, 1.54) is 12.1 Å². The normalized spacial score (nSPS) is 12.9. The second kappa shape index (κ2) is 8.93. The second-order valence-electron chi connectivity index (χ2n) is 7.74. The fourth-order valence-corrected chi connectivity index (χ4v) is 4.72. The number of aryl methyl sites for hydroxylation is 2. The summed E-state index contributed by atoms with van der Waals surface area (Å²) < 4.78 is 20.4. The number of anilines is 1. The maximum absolute atomic E-state index is 13.3. The monoisotopic (exact) mass is 622 g/mol. The minimum atomic E-state index is -0.289. The van der Waals surface area contributed by atoms with Crippen LogP contribution in [0, 0.1) is 19.7 Å². The van der Waals surface area contributed by atoms with Crippen LogP contribution < -0.4 is 10.1 Å². The van der Waals surface area contributed by atoms with Crippen LogP contribution in [0.25, 0.3) is 17.1 Å². The molecule has 1 atom stereocenters. The van der Waals surface area contributed by atoms with Crippen LogP contribution in [0.4, 0.5) is 10.2 Å². The van der Waals surface area contributed by atoms with Crippen LogP contribution in [0.15, 0.2) is 55.0 Å². The average Bonchev–Trinajstić information content (AvgIpc) is 3.19. The van der Waals surface area contributed by atoms with Crippen LogP contribution in [0.2, 0.25) is 0 Å². The molecular weight excluding hydrogens is 600 g/mol. The number of hydrogen-bond donors (Lipinski definition) is 1. The van der Waals surface area contributed by atoms with Crippen molar-refractivity contribution in [3.05, 3.63) is 77.6 Å². The van der Waals surface area contributed by atoms with Crippen molar-refractivity contribution in [2.24, 2.45) is 0 Å². The Morgan fingerprint density at radius 3 is 2.47 bits per heavy atom. The van der Waals surface area contributed by atoms with Gasteiger partial charge in [0.25, 0.3) is 0 Å². The standard InChI is InChI=1S/C23H22FN6O.Tl/c1-14-11-21(26-16(3)17-5-7-18(24)8-6-17)28-29-22(14)19-9-10-20(23(27-19)31-4)30-12-15(2)25-13-30;/h5-13H,1-4H3,(H,26,28);. The quantitative estimate of drug-likeness (QED) is 0.329. The molecule has 7 nitrogen and oxygen atoms in total. The molecule has 3 aromatic heterocycles. The van der Waals surface area contributed by atoms with Gasteiger partial charge in [0.05, 0.1) is 5.69 Å². The Kier molecular flexibility index (Phi) is 6.22. The molecule has 0 unspecified atom stereocenters. The number of imidazole rings is 1. The topological polar surface area (TPSA) is 77.8 Å². The molecule has 0 bridgehead atoms. The summed E-state index contributed by atoms with van der Waals surface area (Å²) in [6, 6.07) is 12.3. The molecule has 0 amide bonds. The van der Waals surface area contributed by atoms with E-state index in [1.54, 1.807) is 25.6 Å². The van der Waals surface area contributed by atoms with Gasteiger partial charge in [0.2, 0.25) is 0 Å². The molecule has 4 rings (SSSR count). The van der Waals surface area contributed by atoms with Gasteiger partial charge in [0.1, 0.15) is 0 Å². The summed E-state index contributed by atoms with van der Waals surface area (Å²) in [5.41, 5.74) is 5.02. The van der Waals surface area contributed by atoms with Crippen LogP contribution in [-0.4, -0.2) is 57.6 Å². The minimum absolute atomic E-state index is 0.244. The van der Waals surface area contributed by atoms with Crippen LogP contribution in [-0.2, 0) is 3.10 Å². The van der Waals surface area contributed by atoms with Crippen molar-refractivity contribution in [2.75, 3.05) is 12.4 Å². The van der Waals surface area contributed by atoms with Crippen molar-refractivity contribution in [1.29, 1.82) is 0 Å². The smallest absolute Gasteiger partial charge is 0.242 e. The van der Waals surface area contributed by atoms with Gasteiger partial charge in [0.15, 0.2) is 0 Å². The SMILES string of the molecule is COc1nc(-c2nnc(N[C@](C)([Tl])c3ccc(F)cc3)cc2C)ccc1-n1cnc(C)c1. The van der Waals surface area contributed by atoms with Crippen molar-refractivity contribution in [1.82, 2.24) is 24.7 Å². The van der Waals surface area contributed by atoms with Gasteiger partial charge >= 0.3 is 185 Å². The van der Waals surface area contributed by atoms with E-state index in [1.807, 2.05) is 42.8 Å². The molecule has 0 saturated heterocycles. The number of pyridine rings is 1. The van der Waals surface area contributed by atoms with Crippen LogP contribution in [0.5, 0.6) is 5.88 Å². The second-order valence-corrected chi connectivity index (χ2v) is 12.2. The van der Waals surface area contributed by atoms with Gasteiger partial charge in [-0.05, 0) is 6.92 Å². The Balaban J connectivity index is 1.61. The summed E-state index contributed by atoms with van der Waals surface area (Å²) in [6.07, 6.45) is 3.64. The van der Waals surface area contributed by atoms with E-state index < -0.39 is 0 Å². The average molecular weight is 622 g/mol. The summed E-state index contributed by atoms with van der Waals surface area (Å²) in [5.74, 6) is 0.901. The fraction of sp³-hybridized carbons (Fsp3) is 0.217. The molecule has 0 fully saturated rings. The number of ether oxygens (including phenoxy) is 1. The molecule has 0 saturated carbocycles. The number of hydrogen-bond acceptors (Lipinski definition) is 6. The molecule has 9 heteroatoms. The Hall–Kier alpha value is -2.89. The zero-order valence-corrected chi connectivity index (χ0v) is 22.8. The van der Waals surface area contributed by atoms with Crippen molar-refractivity contribution < 1.29 is 9.13 Å². The van der Waals surface area contributed by atoms with E-state index in [2.05, 4.69) is 32.4 Å². The molecule has 160 valence electrons. The Morgan fingerprint density at radius 1 is 1.09 bits per heavy atom. The van der Waals surface area contributed by atoms with Gasteiger partial charge in [-0.3, -0.25) is 0 Å². The van der Waals surface area contributed by atoms with Gasteiger partial charge in [-0.25, -0.2) is 4.98 Å². The first-order chi connectivity index (χ1) is 15.3. The molecule has 0 aliphatic heterocycles. The van der Waals surface area contributed by atoms with Gasteiger partial charge in [0, 0.05) is 0 Å². The van der Waals surface area contributed by atoms with E-state index in [9.17, 15) is 4.39 Å². The van der Waals surface area contributed by atoms with E-state index in [0.717, 1.165) is 22.5 Å². The van der Waals surface area contributed by atoms with E-state index in [0.29, 0.717) is 48.9 Å². The van der Waals surface area contributed by atoms with Crippen molar-refractivity contribution in [3.8, 4) is 23.0 Å². The molecule has 32 heavy (non-hydrogen) atoms. The first-order valence-corrected chi connectivity index (χ1v) is 12.2. The predicted molar refractivity (Wildman–Crippen MR) is 122 cm³/mol. The van der Waals surface area contributed by atoms with Crippen LogP contribution in [0.3, 0.4) is 0 Å². The third kappa shape index (κ3) is 4.64. The molecule has 1 N–H and O–H groups in total. The molecule has 3 heterocycles. The van der Waals surface area contributed by atoms with Gasteiger partial charge in [-0.1, -0.05) is 0 Å². The van der Waals surface area contributed by atoms with Crippen molar-refractivity contribution in [2.45, 2.75) is 23.9 Å². The number of methoxy groups -OCH3 is 1. The third-order valence-electron chi connectivity index (χ3n) is 5.08. The first kappa shape index (κ1) is 22.3. The molecule has 0 radical (unpaired) electrons. The first-order valence-electron chi connectivity index (χ1n) is 10.0. The molecular formula is C23H22FN6OTl.